The Labute approximate surface area is 220 Å². The number of hydrogen-bond donors (Lipinski definition) is 0. The highest BCUT2D eigenvalue weighted by atomic mass is 19.1. The standard InChI is InChI=1S/C31H39F2NO3/c1-2-3-4-5-6-7-8-9-10-23-11-13-24(14-12-23)22-36-26-17-15-25(16-18-26)31(35)37-27-19-29(32)28(21-34)30(33)20-27/h15-20,23-24H,2-14,22H2,1H3. The summed E-state index contributed by atoms with van der Waals surface area (Å²) in [4.78, 5) is 12.3. The van der Waals surface area contributed by atoms with Crippen LogP contribution in [0.3, 0.4) is 0 Å². The maximum Gasteiger partial charge on any atom is 0.343 e. The zero-order valence-corrected chi connectivity index (χ0v) is 21.9. The summed E-state index contributed by atoms with van der Waals surface area (Å²) in [6.45, 7) is 2.93. The Balaban J connectivity index is 1.33. The van der Waals surface area contributed by atoms with Crippen LogP contribution in [0, 0.1) is 34.8 Å². The van der Waals surface area contributed by atoms with E-state index in [2.05, 4.69) is 6.92 Å². The minimum absolute atomic E-state index is 0.235. The van der Waals surface area contributed by atoms with Crippen molar-refractivity contribution in [3.8, 4) is 17.6 Å². The fraction of sp³-hybridized carbons (Fsp3) is 0.548. The quantitative estimate of drug-likeness (QED) is 0.144. The van der Waals surface area contributed by atoms with E-state index >= 15 is 0 Å². The molecule has 0 aromatic heterocycles. The highest BCUT2D eigenvalue weighted by molar-refractivity contribution is 5.91. The van der Waals surface area contributed by atoms with Crippen LogP contribution in [0.1, 0.15) is 106 Å². The van der Waals surface area contributed by atoms with E-state index in [0.29, 0.717) is 18.3 Å². The van der Waals surface area contributed by atoms with Crippen LogP contribution in [0.15, 0.2) is 36.4 Å². The number of carbonyl (C=O) groups is 1. The van der Waals surface area contributed by atoms with Crippen molar-refractivity contribution in [1.29, 1.82) is 5.26 Å². The van der Waals surface area contributed by atoms with E-state index in [0.717, 1.165) is 18.1 Å². The van der Waals surface area contributed by atoms with Crippen LogP contribution in [0.5, 0.6) is 11.5 Å². The minimum Gasteiger partial charge on any atom is -0.493 e. The number of esters is 1. The first-order chi connectivity index (χ1) is 18.0. The molecule has 0 atom stereocenters. The van der Waals surface area contributed by atoms with Gasteiger partial charge in [-0.1, -0.05) is 77.6 Å². The predicted octanol–water partition coefficient (Wildman–Crippen LogP) is 8.77. The van der Waals surface area contributed by atoms with Crippen molar-refractivity contribution in [3.63, 3.8) is 0 Å². The third kappa shape index (κ3) is 9.46. The summed E-state index contributed by atoms with van der Waals surface area (Å²) in [5.41, 5.74) is -0.475. The lowest BCUT2D eigenvalue weighted by Gasteiger charge is -2.28. The van der Waals surface area contributed by atoms with Gasteiger partial charge in [-0.15, -0.1) is 0 Å². The van der Waals surface area contributed by atoms with E-state index in [4.69, 9.17) is 14.7 Å². The van der Waals surface area contributed by atoms with Gasteiger partial charge in [0, 0.05) is 12.1 Å². The third-order valence-electron chi connectivity index (χ3n) is 7.35. The van der Waals surface area contributed by atoms with Gasteiger partial charge in [-0.25, -0.2) is 13.6 Å². The summed E-state index contributed by atoms with van der Waals surface area (Å²) in [5, 5.41) is 8.74. The molecule has 0 bridgehead atoms. The molecular formula is C31H39F2NO3. The third-order valence-corrected chi connectivity index (χ3v) is 7.35. The van der Waals surface area contributed by atoms with Gasteiger partial charge < -0.3 is 9.47 Å². The highest BCUT2D eigenvalue weighted by Crippen LogP contribution is 2.32. The lowest BCUT2D eigenvalue weighted by molar-refractivity contribution is 0.0734. The van der Waals surface area contributed by atoms with E-state index in [1.54, 1.807) is 24.3 Å². The SMILES string of the molecule is CCCCCCCCCCC1CCC(COc2ccc(C(=O)Oc3cc(F)c(C#N)c(F)c3)cc2)CC1. The molecule has 6 heteroatoms. The normalized spacial score (nSPS) is 17.2. The molecule has 37 heavy (non-hydrogen) atoms. The van der Waals surface area contributed by atoms with Crippen LogP contribution in [0.4, 0.5) is 8.78 Å². The molecule has 1 aliphatic rings. The van der Waals surface area contributed by atoms with Crippen LogP contribution in [0.25, 0.3) is 0 Å². The number of unbranched alkanes of at least 4 members (excludes halogenated alkanes) is 7. The molecule has 0 N–H and O–H groups in total. The van der Waals surface area contributed by atoms with Gasteiger partial charge in [-0.2, -0.15) is 5.26 Å². The smallest absolute Gasteiger partial charge is 0.343 e. The average Bonchev–Trinajstić information content (AvgIpc) is 2.90. The molecule has 1 saturated carbocycles. The second-order valence-electron chi connectivity index (χ2n) is 10.2. The van der Waals surface area contributed by atoms with Crippen molar-refractivity contribution in [2.75, 3.05) is 6.61 Å². The van der Waals surface area contributed by atoms with Gasteiger partial charge in [0.1, 0.15) is 34.8 Å². The van der Waals surface area contributed by atoms with Gasteiger partial charge in [-0.3, -0.25) is 0 Å². The molecule has 0 spiro atoms. The number of nitriles is 1. The van der Waals surface area contributed by atoms with Crippen molar-refractivity contribution in [2.24, 2.45) is 11.8 Å². The molecular weight excluding hydrogens is 472 g/mol. The predicted molar refractivity (Wildman–Crippen MR) is 141 cm³/mol. The topological polar surface area (TPSA) is 59.3 Å². The Morgan fingerprint density at radius 2 is 1.43 bits per heavy atom. The molecule has 1 aliphatic carbocycles. The van der Waals surface area contributed by atoms with E-state index in [1.165, 1.54) is 89.5 Å². The van der Waals surface area contributed by atoms with Gasteiger partial charge in [0.05, 0.1) is 12.2 Å². The number of benzene rings is 2. The highest BCUT2D eigenvalue weighted by Gasteiger charge is 2.21. The molecule has 1 fully saturated rings. The first-order valence-corrected chi connectivity index (χ1v) is 13.8. The second-order valence-corrected chi connectivity index (χ2v) is 10.2. The number of rotatable bonds is 14. The summed E-state index contributed by atoms with van der Waals surface area (Å²) in [6.07, 6.45) is 17.3. The van der Waals surface area contributed by atoms with Crippen LogP contribution in [-0.2, 0) is 0 Å². The molecule has 2 aromatic carbocycles. The Morgan fingerprint density at radius 1 is 0.865 bits per heavy atom. The Hall–Kier alpha value is -2.94. The molecule has 0 unspecified atom stereocenters. The van der Waals surface area contributed by atoms with Gasteiger partial charge in [-0.05, 0) is 48.9 Å². The zero-order valence-electron chi connectivity index (χ0n) is 21.9. The molecule has 0 heterocycles. The molecule has 0 amide bonds. The van der Waals surface area contributed by atoms with Gasteiger partial charge in [0.2, 0.25) is 0 Å². The van der Waals surface area contributed by atoms with Crippen molar-refractivity contribution in [2.45, 2.75) is 90.4 Å². The summed E-state index contributed by atoms with van der Waals surface area (Å²) >= 11 is 0. The van der Waals surface area contributed by atoms with Crippen LogP contribution >= 0.6 is 0 Å². The summed E-state index contributed by atoms with van der Waals surface area (Å²) < 4.78 is 38.5. The van der Waals surface area contributed by atoms with Gasteiger partial charge in [0.15, 0.2) is 0 Å². The Bertz CT molecular complexity index is 1000. The van der Waals surface area contributed by atoms with E-state index < -0.39 is 23.2 Å². The van der Waals surface area contributed by atoms with Crippen LogP contribution in [0.2, 0.25) is 0 Å². The lowest BCUT2D eigenvalue weighted by Crippen LogP contribution is -2.20. The fourth-order valence-electron chi connectivity index (χ4n) is 5.04. The molecule has 3 rings (SSSR count). The lowest BCUT2D eigenvalue weighted by atomic mass is 9.80. The van der Waals surface area contributed by atoms with Crippen LogP contribution in [-0.4, -0.2) is 12.6 Å². The number of nitrogens with zero attached hydrogens (tertiary/aromatic N) is 1. The second kappa shape index (κ2) is 15.3. The van der Waals surface area contributed by atoms with E-state index in [1.807, 2.05) is 0 Å². The van der Waals surface area contributed by atoms with E-state index in [9.17, 15) is 13.6 Å². The maximum atomic E-state index is 13.7. The van der Waals surface area contributed by atoms with Crippen LogP contribution < -0.4 is 9.47 Å². The Morgan fingerprint density at radius 3 is 2.03 bits per heavy atom. The number of halogens is 2. The van der Waals surface area contributed by atoms with Crippen molar-refractivity contribution < 1.29 is 23.0 Å². The molecule has 200 valence electrons. The van der Waals surface area contributed by atoms with Crippen molar-refractivity contribution in [3.05, 3.63) is 59.2 Å². The number of ether oxygens (including phenoxy) is 2. The molecule has 0 aliphatic heterocycles. The van der Waals surface area contributed by atoms with Gasteiger partial charge in [0.25, 0.3) is 0 Å². The van der Waals surface area contributed by atoms with Gasteiger partial charge >= 0.3 is 5.97 Å². The molecule has 4 nitrogen and oxygen atoms in total. The number of hydrogen-bond acceptors (Lipinski definition) is 4. The Kier molecular flexibility index (Phi) is 11.9. The first-order valence-electron chi connectivity index (χ1n) is 13.8. The summed E-state index contributed by atoms with van der Waals surface area (Å²) in [6, 6.07) is 9.60. The first kappa shape index (κ1) is 28.6. The molecule has 0 saturated heterocycles. The van der Waals surface area contributed by atoms with Crippen molar-refractivity contribution in [1.82, 2.24) is 0 Å². The van der Waals surface area contributed by atoms with E-state index in [-0.39, 0.29) is 11.3 Å². The van der Waals surface area contributed by atoms with Crippen molar-refractivity contribution >= 4 is 5.97 Å². The largest absolute Gasteiger partial charge is 0.493 e. The number of carbonyl (C=O) groups excluding carboxylic acids is 1. The summed E-state index contributed by atoms with van der Waals surface area (Å²) in [5.74, 6) is -1.09. The average molecular weight is 512 g/mol. The fourth-order valence-corrected chi connectivity index (χ4v) is 5.04. The molecule has 0 radical (unpaired) electrons. The minimum atomic E-state index is -1.07. The zero-order chi connectivity index (χ0) is 26.5. The molecule has 2 aromatic rings. The maximum absolute atomic E-state index is 13.7. The monoisotopic (exact) mass is 511 g/mol. The summed E-state index contributed by atoms with van der Waals surface area (Å²) in [7, 11) is 0.